The Bertz CT molecular complexity index is 221. The molecule has 3 nitrogen and oxygen atoms in total. The lowest BCUT2D eigenvalue weighted by atomic mass is 10.1. The van der Waals surface area contributed by atoms with Crippen LogP contribution in [0.4, 0.5) is 13.2 Å². The molecule has 1 N–H and O–H groups in total. The van der Waals surface area contributed by atoms with E-state index in [1.54, 1.807) is 0 Å². The van der Waals surface area contributed by atoms with Gasteiger partial charge in [0.05, 0.1) is 12.1 Å². The van der Waals surface area contributed by atoms with E-state index in [0.29, 0.717) is 17.5 Å². The van der Waals surface area contributed by atoms with Crippen molar-refractivity contribution in [3.63, 3.8) is 0 Å². The number of halogens is 4. The van der Waals surface area contributed by atoms with E-state index in [4.69, 9.17) is 4.74 Å². The second-order valence-electron chi connectivity index (χ2n) is 2.93. The molecule has 1 fully saturated rings. The predicted molar refractivity (Wildman–Crippen MR) is 51.2 cm³/mol. The van der Waals surface area contributed by atoms with Gasteiger partial charge in [0, 0.05) is 11.0 Å². The number of rotatable bonds is 2. The van der Waals surface area contributed by atoms with Crippen LogP contribution in [0.3, 0.4) is 0 Å². The molecule has 0 saturated carbocycles. The Morgan fingerprint density at radius 2 is 2.21 bits per heavy atom. The number of amides is 1. The summed E-state index contributed by atoms with van der Waals surface area (Å²) in [6.07, 6.45) is -4.67. The zero-order valence-electron chi connectivity index (χ0n) is 7.10. The van der Waals surface area contributed by atoms with Gasteiger partial charge < -0.3 is 10.1 Å². The van der Waals surface area contributed by atoms with Crippen LogP contribution in [0.25, 0.3) is 0 Å². The Balaban J connectivity index is 2.48. The summed E-state index contributed by atoms with van der Waals surface area (Å²) in [4.78, 5) is 10.6. The fraction of sp³-hybridized carbons (Fsp3) is 0.857. The molecule has 82 valence electrons. The van der Waals surface area contributed by atoms with E-state index >= 15 is 0 Å². The molecule has 0 aromatic rings. The van der Waals surface area contributed by atoms with Crippen LogP contribution < -0.4 is 5.32 Å². The summed E-state index contributed by atoms with van der Waals surface area (Å²) in [5.74, 6) is -1.89. The van der Waals surface area contributed by atoms with Gasteiger partial charge in [0.2, 0.25) is 0 Å². The second kappa shape index (κ2) is 4.65. The van der Waals surface area contributed by atoms with Crippen LogP contribution in [0.15, 0.2) is 0 Å². The molecular formula is C7H9F3INO2. The lowest BCUT2D eigenvalue weighted by Crippen LogP contribution is -2.46. The third-order valence-corrected chi connectivity index (χ3v) is 2.80. The average molecular weight is 323 g/mol. The minimum absolute atomic E-state index is 0.304. The fourth-order valence-electron chi connectivity index (χ4n) is 1.22. The van der Waals surface area contributed by atoms with Crippen molar-refractivity contribution in [2.45, 2.75) is 24.7 Å². The number of ether oxygens (including phenoxy) is 1. The molecule has 1 saturated heterocycles. The Labute approximate surface area is 92.5 Å². The van der Waals surface area contributed by atoms with E-state index in [-0.39, 0.29) is 6.10 Å². The minimum atomic E-state index is -4.81. The highest BCUT2D eigenvalue weighted by Gasteiger charge is 2.41. The van der Waals surface area contributed by atoms with Crippen molar-refractivity contribution in [1.29, 1.82) is 0 Å². The molecule has 2 atom stereocenters. The zero-order valence-corrected chi connectivity index (χ0v) is 9.26. The predicted octanol–water partition coefficient (Wildman–Crippen LogP) is 1.26. The average Bonchev–Trinajstić information content (AvgIpc) is 2.50. The van der Waals surface area contributed by atoms with Crippen molar-refractivity contribution in [3.05, 3.63) is 0 Å². The van der Waals surface area contributed by atoms with E-state index in [0.717, 1.165) is 0 Å². The maximum Gasteiger partial charge on any atom is 0.471 e. The number of hydrogen-bond donors (Lipinski definition) is 1. The lowest BCUT2D eigenvalue weighted by Gasteiger charge is -2.18. The highest BCUT2D eigenvalue weighted by molar-refractivity contribution is 14.1. The van der Waals surface area contributed by atoms with Gasteiger partial charge in [0.1, 0.15) is 0 Å². The molecule has 7 heteroatoms. The standard InChI is InChI=1S/C7H9F3INO2/c8-7(9,10)6(13)12-4-1-2-14-5(4)3-11/h4-5H,1-3H2,(H,12,13)/t4-,5+/m1/s1. The van der Waals surface area contributed by atoms with Crippen molar-refractivity contribution in [2.24, 2.45) is 0 Å². The van der Waals surface area contributed by atoms with Crippen LogP contribution in [0, 0.1) is 0 Å². The summed E-state index contributed by atoms with van der Waals surface area (Å²) in [5.41, 5.74) is 0. The molecule has 1 rings (SSSR count). The topological polar surface area (TPSA) is 38.3 Å². The highest BCUT2D eigenvalue weighted by Crippen LogP contribution is 2.19. The van der Waals surface area contributed by atoms with Gasteiger partial charge in [-0.2, -0.15) is 13.2 Å². The van der Waals surface area contributed by atoms with Crippen LogP contribution in [-0.4, -0.2) is 35.3 Å². The van der Waals surface area contributed by atoms with Crippen molar-refractivity contribution >= 4 is 28.5 Å². The van der Waals surface area contributed by atoms with Crippen LogP contribution in [0.5, 0.6) is 0 Å². The Morgan fingerprint density at radius 1 is 1.57 bits per heavy atom. The number of hydrogen-bond acceptors (Lipinski definition) is 2. The smallest absolute Gasteiger partial charge is 0.375 e. The number of carbonyl (C=O) groups excluding carboxylic acids is 1. The monoisotopic (exact) mass is 323 g/mol. The molecule has 1 aliphatic heterocycles. The summed E-state index contributed by atoms with van der Waals surface area (Å²) < 4.78 is 41.3. The molecule has 0 aromatic heterocycles. The first-order chi connectivity index (χ1) is 6.45. The molecule has 1 aliphatic rings. The number of alkyl halides is 4. The maximum absolute atomic E-state index is 11.9. The van der Waals surface area contributed by atoms with E-state index < -0.39 is 18.1 Å². The lowest BCUT2D eigenvalue weighted by molar-refractivity contribution is -0.174. The molecule has 0 aromatic carbocycles. The van der Waals surface area contributed by atoms with Crippen LogP contribution >= 0.6 is 22.6 Å². The summed E-state index contributed by atoms with van der Waals surface area (Å²) >= 11 is 2.01. The normalized spacial score (nSPS) is 27.7. The minimum Gasteiger partial charge on any atom is -0.375 e. The fourth-order valence-corrected chi connectivity index (χ4v) is 2.08. The summed E-state index contributed by atoms with van der Waals surface area (Å²) in [6.45, 7) is 0.399. The first-order valence-corrected chi connectivity index (χ1v) is 5.53. The van der Waals surface area contributed by atoms with Crippen LogP contribution in [0.1, 0.15) is 6.42 Å². The Morgan fingerprint density at radius 3 is 2.71 bits per heavy atom. The van der Waals surface area contributed by atoms with Crippen molar-refractivity contribution in [3.8, 4) is 0 Å². The van der Waals surface area contributed by atoms with Crippen molar-refractivity contribution in [2.75, 3.05) is 11.0 Å². The molecule has 0 aliphatic carbocycles. The van der Waals surface area contributed by atoms with Crippen LogP contribution in [0.2, 0.25) is 0 Å². The highest BCUT2D eigenvalue weighted by atomic mass is 127. The van der Waals surface area contributed by atoms with E-state index in [2.05, 4.69) is 0 Å². The molecule has 14 heavy (non-hydrogen) atoms. The Hall–Kier alpha value is -0.0500. The third kappa shape index (κ3) is 2.97. The molecule has 0 bridgehead atoms. The molecule has 0 spiro atoms. The first-order valence-electron chi connectivity index (χ1n) is 4.00. The number of carbonyl (C=O) groups is 1. The van der Waals surface area contributed by atoms with Gasteiger partial charge in [-0.1, -0.05) is 22.6 Å². The van der Waals surface area contributed by atoms with Gasteiger partial charge in [-0.15, -0.1) is 0 Å². The molecule has 1 amide bonds. The first kappa shape index (κ1) is 12.0. The Kier molecular flexibility index (Phi) is 3.99. The van der Waals surface area contributed by atoms with E-state index in [1.165, 1.54) is 0 Å². The summed E-state index contributed by atoms with van der Waals surface area (Å²) in [7, 11) is 0. The maximum atomic E-state index is 11.9. The van der Waals surface area contributed by atoms with Gasteiger partial charge >= 0.3 is 12.1 Å². The molecule has 0 unspecified atom stereocenters. The third-order valence-electron chi connectivity index (χ3n) is 1.94. The molecular weight excluding hydrogens is 314 g/mol. The van der Waals surface area contributed by atoms with Gasteiger partial charge in [-0.05, 0) is 6.42 Å². The largest absolute Gasteiger partial charge is 0.471 e. The quantitative estimate of drug-likeness (QED) is 0.614. The van der Waals surface area contributed by atoms with Gasteiger partial charge in [-0.3, -0.25) is 4.79 Å². The van der Waals surface area contributed by atoms with Crippen molar-refractivity contribution in [1.82, 2.24) is 5.32 Å². The van der Waals surface area contributed by atoms with Gasteiger partial charge in [0.15, 0.2) is 0 Å². The second-order valence-corrected chi connectivity index (χ2v) is 3.81. The number of nitrogens with one attached hydrogen (secondary N) is 1. The van der Waals surface area contributed by atoms with Gasteiger partial charge in [-0.25, -0.2) is 0 Å². The van der Waals surface area contributed by atoms with Crippen LogP contribution in [-0.2, 0) is 9.53 Å². The van der Waals surface area contributed by atoms with Crippen molar-refractivity contribution < 1.29 is 22.7 Å². The zero-order chi connectivity index (χ0) is 10.8. The van der Waals surface area contributed by atoms with E-state index in [9.17, 15) is 18.0 Å². The summed E-state index contributed by atoms with van der Waals surface area (Å²) in [6, 6.07) is -0.513. The molecule has 0 radical (unpaired) electrons. The van der Waals surface area contributed by atoms with E-state index in [1.807, 2.05) is 27.9 Å². The summed E-state index contributed by atoms with van der Waals surface area (Å²) in [5, 5.41) is 1.93. The SMILES string of the molecule is O=C(N[C@@H]1CCO[C@H]1CI)C(F)(F)F. The van der Waals surface area contributed by atoms with Gasteiger partial charge in [0.25, 0.3) is 0 Å². The molecule has 1 heterocycles.